The fourth-order valence-corrected chi connectivity index (χ4v) is 3.45. The molecule has 33 heavy (non-hydrogen) atoms. The number of aliphatic hydroxyl groups is 1. The van der Waals surface area contributed by atoms with Gasteiger partial charge in [0.2, 0.25) is 0 Å². The number of carbonyl (C=O) groups excluding carboxylic acids is 1. The first-order chi connectivity index (χ1) is 16.1. The molecule has 7 heteroatoms. The third kappa shape index (κ3) is 7.46. The maximum atomic E-state index is 12.9. The summed E-state index contributed by atoms with van der Waals surface area (Å²) in [4.78, 5) is 12.9. The Bertz CT molecular complexity index is 974. The number of benzene rings is 2. The third-order valence-corrected chi connectivity index (χ3v) is 5.23. The SMILES string of the molecule is COc1ccc(CCNCC(O)COC(Cc2ccco2)C(=O)c2ccccc2)cc1OC. The normalized spacial score (nSPS) is 12.8. The van der Waals surface area contributed by atoms with Crippen LogP contribution in [0.3, 0.4) is 0 Å². The number of methoxy groups -OCH3 is 2. The van der Waals surface area contributed by atoms with Crippen LogP contribution in [0.1, 0.15) is 21.7 Å². The lowest BCUT2D eigenvalue weighted by molar-refractivity contribution is -0.00307. The molecule has 0 saturated heterocycles. The standard InChI is InChI=1S/C26H31NO6/c1-30-23-11-10-19(15-24(23)31-2)12-13-27-17-21(28)18-33-25(16-22-9-6-14-32-22)26(29)20-7-4-3-5-8-20/h3-11,14-15,21,25,27-28H,12-13,16-18H2,1-2H3. The lowest BCUT2D eigenvalue weighted by Gasteiger charge is -2.19. The Morgan fingerprint density at radius 2 is 1.82 bits per heavy atom. The summed E-state index contributed by atoms with van der Waals surface area (Å²) in [5, 5.41) is 13.6. The van der Waals surface area contributed by atoms with Crippen LogP contribution in [0.2, 0.25) is 0 Å². The highest BCUT2D eigenvalue weighted by molar-refractivity contribution is 5.99. The Morgan fingerprint density at radius 3 is 2.52 bits per heavy atom. The highest BCUT2D eigenvalue weighted by atomic mass is 16.5. The van der Waals surface area contributed by atoms with Crippen molar-refractivity contribution < 1.29 is 28.5 Å². The van der Waals surface area contributed by atoms with Crippen LogP contribution in [-0.4, -0.2) is 57.0 Å². The second-order valence-corrected chi connectivity index (χ2v) is 7.63. The van der Waals surface area contributed by atoms with Crippen molar-refractivity contribution in [2.45, 2.75) is 25.0 Å². The number of carbonyl (C=O) groups is 1. The molecule has 0 aliphatic rings. The largest absolute Gasteiger partial charge is 0.493 e. The first-order valence-corrected chi connectivity index (χ1v) is 10.9. The molecule has 2 N–H and O–H groups in total. The van der Waals surface area contributed by atoms with E-state index in [4.69, 9.17) is 18.6 Å². The summed E-state index contributed by atoms with van der Waals surface area (Å²) in [5.74, 6) is 1.90. The zero-order chi connectivity index (χ0) is 23.5. The third-order valence-electron chi connectivity index (χ3n) is 5.23. The van der Waals surface area contributed by atoms with Crippen molar-refractivity contribution in [1.29, 1.82) is 0 Å². The van der Waals surface area contributed by atoms with Crippen molar-refractivity contribution in [1.82, 2.24) is 5.32 Å². The van der Waals surface area contributed by atoms with E-state index in [-0.39, 0.29) is 12.4 Å². The number of Topliss-reactive ketones (excluding diaryl/α,β-unsaturated/α-hetero) is 1. The van der Waals surface area contributed by atoms with Gasteiger partial charge in [0.1, 0.15) is 11.9 Å². The molecule has 0 bridgehead atoms. The van der Waals surface area contributed by atoms with Crippen LogP contribution in [-0.2, 0) is 17.6 Å². The first kappa shape index (κ1) is 24.5. The molecule has 0 aliphatic heterocycles. The lowest BCUT2D eigenvalue weighted by Crippen LogP contribution is -2.35. The molecular formula is C26H31NO6. The second kappa shape index (κ2) is 12.8. The Kier molecular flexibility index (Phi) is 9.50. The van der Waals surface area contributed by atoms with Gasteiger partial charge in [-0.3, -0.25) is 4.79 Å². The molecule has 2 atom stereocenters. The molecule has 1 heterocycles. The van der Waals surface area contributed by atoms with Gasteiger partial charge in [-0.15, -0.1) is 0 Å². The average molecular weight is 454 g/mol. The van der Waals surface area contributed by atoms with E-state index in [0.29, 0.717) is 42.3 Å². The molecule has 3 aromatic rings. The van der Waals surface area contributed by atoms with Gasteiger partial charge >= 0.3 is 0 Å². The first-order valence-electron chi connectivity index (χ1n) is 10.9. The van der Waals surface area contributed by atoms with E-state index in [1.807, 2.05) is 36.4 Å². The molecule has 7 nitrogen and oxygen atoms in total. The van der Waals surface area contributed by atoms with Crippen LogP contribution >= 0.6 is 0 Å². The number of furan rings is 1. The molecule has 0 radical (unpaired) electrons. The lowest BCUT2D eigenvalue weighted by atomic mass is 10.0. The van der Waals surface area contributed by atoms with Crippen molar-refractivity contribution >= 4 is 5.78 Å². The van der Waals surface area contributed by atoms with Crippen molar-refractivity contribution in [3.63, 3.8) is 0 Å². The van der Waals surface area contributed by atoms with E-state index >= 15 is 0 Å². The molecular weight excluding hydrogens is 422 g/mol. The number of ketones is 1. The highest BCUT2D eigenvalue weighted by Crippen LogP contribution is 2.27. The van der Waals surface area contributed by atoms with Gasteiger partial charge in [-0.25, -0.2) is 0 Å². The molecule has 0 spiro atoms. The van der Waals surface area contributed by atoms with Gasteiger partial charge < -0.3 is 29.1 Å². The predicted octanol–water partition coefficient (Wildman–Crippen LogP) is 3.30. The Balaban J connectivity index is 1.46. The van der Waals surface area contributed by atoms with Gasteiger partial charge in [-0.2, -0.15) is 0 Å². The Hall–Kier alpha value is -3.13. The van der Waals surface area contributed by atoms with Crippen LogP contribution in [0.25, 0.3) is 0 Å². The summed E-state index contributed by atoms with van der Waals surface area (Å²) in [6.07, 6.45) is 1.15. The number of rotatable bonds is 14. The van der Waals surface area contributed by atoms with E-state index in [2.05, 4.69) is 5.32 Å². The molecule has 0 aliphatic carbocycles. The molecule has 0 amide bonds. The molecule has 2 unspecified atom stereocenters. The smallest absolute Gasteiger partial charge is 0.192 e. The molecule has 176 valence electrons. The van der Waals surface area contributed by atoms with Gasteiger partial charge in [0.05, 0.1) is 33.2 Å². The van der Waals surface area contributed by atoms with Crippen LogP contribution < -0.4 is 14.8 Å². The molecule has 0 fully saturated rings. The monoisotopic (exact) mass is 453 g/mol. The maximum Gasteiger partial charge on any atom is 0.192 e. The van der Waals surface area contributed by atoms with Crippen molar-refractivity contribution in [2.75, 3.05) is 33.9 Å². The number of hydrogen-bond acceptors (Lipinski definition) is 7. The van der Waals surface area contributed by atoms with Crippen LogP contribution in [0.5, 0.6) is 11.5 Å². The van der Waals surface area contributed by atoms with Gasteiger partial charge in [-0.05, 0) is 42.8 Å². The zero-order valence-corrected chi connectivity index (χ0v) is 19.0. The molecule has 0 saturated carbocycles. The summed E-state index contributed by atoms with van der Waals surface area (Å²) in [7, 11) is 3.22. The minimum atomic E-state index is -0.752. The summed E-state index contributed by atoms with van der Waals surface area (Å²) >= 11 is 0. The van der Waals surface area contributed by atoms with Crippen molar-refractivity contribution in [3.05, 3.63) is 83.8 Å². The van der Waals surface area contributed by atoms with Gasteiger partial charge in [-0.1, -0.05) is 36.4 Å². The summed E-state index contributed by atoms with van der Waals surface area (Å²) in [5.41, 5.74) is 1.66. The molecule has 2 aromatic carbocycles. The van der Waals surface area contributed by atoms with Crippen LogP contribution in [0.15, 0.2) is 71.3 Å². The zero-order valence-electron chi connectivity index (χ0n) is 19.0. The van der Waals surface area contributed by atoms with Crippen molar-refractivity contribution in [2.24, 2.45) is 0 Å². The number of nitrogens with one attached hydrogen (secondary N) is 1. The Morgan fingerprint density at radius 1 is 1.03 bits per heavy atom. The molecule has 1 aromatic heterocycles. The minimum Gasteiger partial charge on any atom is -0.493 e. The quantitative estimate of drug-likeness (QED) is 0.286. The van der Waals surface area contributed by atoms with Crippen LogP contribution in [0, 0.1) is 0 Å². The summed E-state index contributed by atoms with van der Waals surface area (Å²) in [6.45, 7) is 1.05. The molecule has 3 rings (SSSR count). The van der Waals surface area contributed by atoms with E-state index in [1.165, 1.54) is 0 Å². The van der Waals surface area contributed by atoms with Crippen molar-refractivity contribution in [3.8, 4) is 11.5 Å². The van der Waals surface area contributed by atoms with Gasteiger partial charge in [0.15, 0.2) is 17.3 Å². The minimum absolute atomic E-state index is 0.0350. The number of ether oxygens (including phenoxy) is 3. The topological polar surface area (TPSA) is 90.2 Å². The highest BCUT2D eigenvalue weighted by Gasteiger charge is 2.23. The number of aliphatic hydroxyl groups excluding tert-OH is 1. The number of hydrogen-bond donors (Lipinski definition) is 2. The summed E-state index contributed by atoms with van der Waals surface area (Å²) in [6, 6.07) is 18.4. The van der Waals surface area contributed by atoms with Gasteiger partial charge in [0, 0.05) is 18.5 Å². The van der Waals surface area contributed by atoms with E-state index in [0.717, 1.165) is 12.0 Å². The van der Waals surface area contributed by atoms with E-state index in [1.54, 1.807) is 44.7 Å². The summed E-state index contributed by atoms with van der Waals surface area (Å²) < 4.78 is 21.8. The van der Waals surface area contributed by atoms with E-state index < -0.39 is 12.2 Å². The fourth-order valence-electron chi connectivity index (χ4n) is 3.45. The maximum absolute atomic E-state index is 12.9. The Labute approximate surface area is 194 Å². The van der Waals surface area contributed by atoms with E-state index in [9.17, 15) is 9.90 Å². The van der Waals surface area contributed by atoms with Crippen LogP contribution in [0.4, 0.5) is 0 Å². The predicted molar refractivity (Wildman–Crippen MR) is 125 cm³/mol. The average Bonchev–Trinajstić information content (AvgIpc) is 3.37. The fraction of sp³-hybridized carbons (Fsp3) is 0.346. The van der Waals surface area contributed by atoms with Gasteiger partial charge in [0.25, 0.3) is 0 Å². The second-order valence-electron chi connectivity index (χ2n) is 7.63.